The van der Waals surface area contributed by atoms with Crippen molar-refractivity contribution in [2.45, 2.75) is 24.5 Å². The number of fused-ring (bicyclic) bond motifs is 1. The maximum atomic E-state index is 5.95. The predicted molar refractivity (Wildman–Crippen MR) is 103 cm³/mol. The minimum Gasteiger partial charge on any atom is -0.490 e. The summed E-state index contributed by atoms with van der Waals surface area (Å²) in [5.41, 5.74) is 6.82. The number of nitrogens with two attached hydrogens (primary N) is 1. The highest BCUT2D eigenvalue weighted by Crippen LogP contribution is 2.32. The van der Waals surface area contributed by atoms with E-state index in [9.17, 15) is 0 Å². The largest absolute Gasteiger partial charge is 0.490 e. The van der Waals surface area contributed by atoms with Crippen LogP contribution in [0.4, 0.5) is 5.69 Å². The fraction of sp³-hybridized carbons (Fsp3) is 0.533. The van der Waals surface area contributed by atoms with Crippen LogP contribution in [0.15, 0.2) is 23.2 Å². The van der Waals surface area contributed by atoms with Gasteiger partial charge in [-0.2, -0.15) is 11.8 Å². The molecule has 1 unspecified atom stereocenters. The molecule has 1 saturated heterocycles. The first-order valence-corrected chi connectivity index (χ1v) is 8.44. The lowest BCUT2D eigenvalue weighted by Gasteiger charge is -2.11. The fourth-order valence-corrected chi connectivity index (χ4v) is 3.60. The lowest BCUT2D eigenvalue weighted by Crippen LogP contribution is -2.24. The summed E-state index contributed by atoms with van der Waals surface area (Å²) in [6, 6.07) is 5.75. The van der Waals surface area contributed by atoms with Crippen molar-refractivity contribution in [3.05, 3.63) is 18.2 Å². The van der Waals surface area contributed by atoms with Crippen LogP contribution in [0, 0.1) is 0 Å². The molecule has 0 amide bonds. The molecule has 1 atom stereocenters. The van der Waals surface area contributed by atoms with E-state index in [-0.39, 0.29) is 24.0 Å². The molecule has 3 rings (SSSR count). The summed E-state index contributed by atoms with van der Waals surface area (Å²) in [6.07, 6.45) is 3.44. The van der Waals surface area contributed by atoms with Crippen LogP contribution < -0.4 is 20.5 Å². The van der Waals surface area contributed by atoms with E-state index in [1.54, 1.807) is 0 Å². The topological polar surface area (TPSA) is 68.9 Å². The quantitative estimate of drug-likeness (QED) is 0.434. The highest BCUT2D eigenvalue weighted by Gasteiger charge is 2.15. The molecule has 1 aromatic rings. The van der Waals surface area contributed by atoms with Crippen LogP contribution in [0.2, 0.25) is 0 Å². The molecule has 0 spiro atoms. The normalized spacial score (nSPS) is 20.9. The summed E-state index contributed by atoms with van der Waals surface area (Å²) in [5.74, 6) is 3.25. The first-order valence-electron chi connectivity index (χ1n) is 7.39. The Morgan fingerprint density at radius 3 is 2.86 bits per heavy atom. The number of rotatable bonds is 3. The number of hydrogen-bond donors (Lipinski definition) is 2. The van der Waals surface area contributed by atoms with Gasteiger partial charge in [0.05, 0.1) is 19.8 Å². The van der Waals surface area contributed by atoms with E-state index in [0.717, 1.165) is 30.2 Å². The Bertz CT molecular complexity index is 522. The van der Waals surface area contributed by atoms with Crippen molar-refractivity contribution in [2.24, 2.45) is 10.7 Å². The number of benzene rings is 1. The van der Waals surface area contributed by atoms with Crippen LogP contribution in [-0.4, -0.2) is 36.7 Å². The zero-order valence-electron chi connectivity index (χ0n) is 12.4. The van der Waals surface area contributed by atoms with Gasteiger partial charge in [0.15, 0.2) is 17.5 Å². The first-order chi connectivity index (χ1) is 10.3. The van der Waals surface area contributed by atoms with Gasteiger partial charge in [-0.1, -0.05) is 0 Å². The molecule has 1 aromatic carbocycles. The molecular formula is C15H22IN3O2S. The van der Waals surface area contributed by atoms with Crippen LogP contribution in [0.5, 0.6) is 11.5 Å². The average Bonchev–Trinajstić information content (AvgIpc) is 2.90. The van der Waals surface area contributed by atoms with Crippen molar-refractivity contribution in [2.75, 3.05) is 30.8 Å². The van der Waals surface area contributed by atoms with Gasteiger partial charge < -0.3 is 20.5 Å². The summed E-state index contributed by atoms with van der Waals surface area (Å²) in [4.78, 5) is 4.42. The van der Waals surface area contributed by atoms with Gasteiger partial charge in [-0.3, -0.25) is 4.99 Å². The monoisotopic (exact) mass is 435 g/mol. The highest BCUT2D eigenvalue weighted by molar-refractivity contribution is 14.0. The number of nitrogens with zero attached hydrogens (tertiary/aromatic N) is 1. The number of guanidine groups is 1. The van der Waals surface area contributed by atoms with Crippen molar-refractivity contribution in [3.63, 3.8) is 0 Å². The Morgan fingerprint density at radius 1 is 1.27 bits per heavy atom. The third kappa shape index (κ3) is 4.84. The van der Waals surface area contributed by atoms with Gasteiger partial charge in [0, 0.05) is 23.4 Å². The number of ether oxygens (including phenoxy) is 2. The van der Waals surface area contributed by atoms with Gasteiger partial charge >= 0.3 is 0 Å². The second-order valence-corrected chi connectivity index (χ2v) is 6.61. The minimum atomic E-state index is 0. The molecule has 0 aliphatic carbocycles. The SMILES string of the molecule is I.NC(=NCC1CCCS1)Nc1ccc2c(c1)OCCCO2. The van der Waals surface area contributed by atoms with Crippen LogP contribution in [0.3, 0.4) is 0 Å². The van der Waals surface area contributed by atoms with Crippen molar-refractivity contribution in [1.29, 1.82) is 0 Å². The van der Waals surface area contributed by atoms with E-state index in [1.165, 1.54) is 18.6 Å². The molecule has 1 fully saturated rings. The fourth-order valence-electron chi connectivity index (χ4n) is 2.42. The van der Waals surface area contributed by atoms with Crippen LogP contribution in [0.1, 0.15) is 19.3 Å². The van der Waals surface area contributed by atoms with E-state index in [1.807, 2.05) is 30.0 Å². The van der Waals surface area contributed by atoms with Gasteiger partial charge in [-0.15, -0.1) is 24.0 Å². The summed E-state index contributed by atoms with van der Waals surface area (Å²) < 4.78 is 11.3. The Morgan fingerprint density at radius 2 is 2.09 bits per heavy atom. The Balaban J connectivity index is 0.00000176. The number of halogens is 1. The number of anilines is 1. The second kappa shape index (κ2) is 8.71. The van der Waals surface area contributed by atoms with E-state index in [0.29, 0.717) is 24.4 Å². The van der Waals surface area contributed by atoms with Crippen molar-refractivity contribution < 1.29 is 9.47 Å². The molecule has 0 aromatic heterocycles. The van der Waals surface area contributed by atoms with Gasteiger partial charge in [-0.05, 0) is 30.7 Å². The summed E-state index contributed by atoms with van der Waals surface area (Å²) in [5, 5.41) is 3.74. The molecule has 0 bridgehead atoms. The lowest BCUT2D eigenvalue weighted by molar-refractivity contribution is 0.297. The maximum absolute atomic E-state index is 5.95. The predicted octanol–water partition coefficient (Wildman–Crippen LogP) is 3.09. The molecular weight excluding hydrogens is 413 g/mol. The molecule has 3 N–H and O–H groups in total. The molecule has 2 aliphatic heterocycles. The Labute approximate surface area is 152 Å². The highest BCUT2D eigenvalue weighted by atomic mass is 127. The molecule has 122 valence electrons. The molecule has 22 heavy (non-hydrogen) atoms. The van der Waals surface area contributed by atoms with Crippen LogP contribution in [-0.2, 0) is 0 Å². The van der Waals surface area contributed by atoms with Crippen LogP contribution >= 0.6 is 35.7 Å². The van der Waals surface area contributed by atoms with Gasteiger partial charge in [0.2, 0.25) is 0 Å². The Kier molecular flexibility index (Phi) is 6.94. The standard InChI is InChI=1S/C15H21N3O2S.HI/c16-15(17-10-12-3-1-8-21-12)18-11-4-5-13-14(9-11)20-7-2-6-19-13;/h4-5,9,12H,1-3,6-8,10H2,(H3,16,17,18);1H. The van der Waals surface area contributed by atoms with Gasteiger partial charge in [0.25, 0.3) is 0 Å². The first kappa shape index (κ1) is 17.5. The minimum absolute atomic E-state index is 0. The smallest absolute Gasteiger partial charge is 0.193 e. The lowest BCUT2D eigenvalue weighted by atomic mass is 10.2. The van der Waals surface area contributed by atoms with Crippen molar-refractivity contribution in [3.8, 4) is 11.5 Å². The molecule has 2 aliphatic rings. The van der Waals surface area contributed by atoms with Crippen LogP contribution in [0.25, 0.3) is 0 Å². The van der Waals surface area contributed by atoms with E-state index < -0.39 is 0 Å². The molecule has 2 heterocycles. The zero-order chi connectivity index (χ0) is 14.5. The number of thioether (sulfide) groups is 1. The zero-order valence-corrected chi connectivity index (χ0v) is 15.6. The number of aliphatic imine (C=N–C) groups is 1. The third-order valence-electron chi connectivity index (χ3n) is 3.51. The molecule has 0 radical (unpaired) electrons. The maximum Gasteiger partial charge on any atom is 0.193 e. The summed E-state index contributed by atoms with van der Waals surface area (Å²) >= 11 is 1.98. The van der Waals surface area contributed by atoms with E-state index >= 15 is 0 Å². The van der Waals surface area contributed by atoms with Crippen molar-refractivity contribution in [1.82, 2.24) is 0 Å². The van der Waals surface area contributed by atoms with Gasteiger partial charge in [-0.25, -0.2) is 0 Å². The molecule has 5 nitrogen and oxygen atoms in total. The number of nitrogens with one attached hydrogen (secondary N) is 1. The average molecular weight is 435 g/mol. The van der Waals surface area contributed by atoms with E-state index in [4.69, 9.17) is 15.2 Å². The summed E-state index contributed by atoms with van der Waals surface area (Å²) in [6.45, 7) is 2.16. The number of hydrogen-bond acceptors (Lipinski definition) is 4. The van der Waals surface area contributed by atoms with Gasteiger partial charge in [0.1, 0.15) is 0 Å². The van der Waals surface area contributed by atoms with E-state index in [2.05, 4.69) is 10.3 Å². The molecule has 7 heteroatoms. The second-order valence-electron chi connectivity index (χ2n) is 5.20. The summed E-state index contributed by atoms with van der Waals surface area (Å²) in [7, 11) is 0. The molecule has 0 saturated carbocycles. The third-order valence-corrected chi connectivity index (χ3v) is 4.89. The van der Waals surface area contributed by atoms with Crippen molar-refractivity contribution >= 4 is 47.4 Å². The Hall–Kier alpha value is -0.830.